The summed E-state index contributed by atoms with van der Waals surface area (Å²) in [7, 11) is 1.60. The minimum absolute atomic E-state index is 0.156. The van der Waals surface area contributed by atoms with E-state index in [0.717, 1.165) is 12.0 Å². The molecule has 4 nitrogen and oxygen atoms in total. The van der Waals surface area contributed by atoms with Crippen LogP contribution in [0.15, 0.2) is 18.3 Å². The van der Waals surface area contributed by atoms with Gasteiger partial charge in [0.15, 0.2) is 0 Å². The fraction of sp³-hybridized carbons (Fsp3) is 0.643. The van der Waals surface area contributed by atoms with Crippen LogP contribution in [-0.4, -0.2) is 29.8 Å². The number of aromatic nitrogens is 1. The molecule has 0 spiro atoms. The average molecular weight is 252 g/mol. The zero-order valence-corrected chi connectivity index (χ0v) is 11.7. The predicted octanol–water partition coefficient (Wildman–Crippen LogP) is 1.98. The number of nitrogens with zero attached hydrogens (tertiary/aromatic N) is 1. The lowest BCUT2D eigenvalue weighted by atomic mass is 9.89. The summed E-state index contributed by atoms with van der Waals surface area (Å²) in [5.74, 6) is 0.617. The lowest BCUT2D eigenvalue weighted by Gasteiger charge is -2.22. The summed E-state index contributed by atoms with van der Waals surface area (Å²) in [5, 5.41) is 13.1. The molecule has 0 amide bonds. The largest absolute Gasteiger partial charge is 0.481 e. The van der Waals surface area contributed by atoms with E-state index in [-0.39, 0.29) is 11.5 Å². The molecule has 0 aliphatic carbocycles. The molecule has 0 aliphatic heterocycles. The molecule has 1 aromatic heterocycles. The Morgan fingerprint density at radius 1 is 1.39 bits per heavy atom. The van der Waals surface area contributed by atoms with E-state index in [9.17, 15) is 5.11 Å². The Kier molecular flexibility index (Phi) is 5.56. The molecule has 1 unspecified atom stereocenters. The molecule has 0 aromatic carbocycles. The molecule has 1 atom stereocenters. The van der Waals surface area contributed by atoms with Crippen molar-refractivity contribution in [2.24, 2.45) is 5.41 Å². The van der Waals surface area contributed by atoms with Crippen molar-refractivity contribution in [1.82, 2.24) is 10.3 Å². The van der Waals surface area contributed by atoms with Gasteiger partial charge in [0.2, 0.25) is 5.88 Å². The van der Waals surface area contributed by atoms with Crippen LogP contribution in [-0.2, 0) is 6.54 Å². The monoisotopic (exact) mass is 252 g/mol. The average Bonchev–Trinajstić information content (AvgIpc) is 2.27. The third-order valence-corrected chi connectivity index (χ3v) is 2.56. The van der Waals surface area contributed by atoms with E-state index in [1.165, 1.54) is 0 Å². The van der Waals surface area contributed by atoms with E-state index < -0.39 is 0 Å². The fourth-order valence-corrected chi connectivity index (χ4v) is 1.80. The van der Waals surface area contributed by atoms with Crippen LogP contribution in [0.1, 0.15) is 32.8 Å². The Balaban J connectivity index is 2.28. The van der Waals surface area contributed by atoms with E-state index in [2.05, 4.69) is 31.1 Å². The number of ether oxygens (including phenoxy) is 1. The maximum atomic E-state index is 9.85. The van der Waals surface area contributed by atoms with Crippen LogP contribution in [0.25, 0.3) is 0 Å². The SMILES string of the molecule is COc1ccc(CNCC(O)CC(C)(C)C)cn1. The van der Waals surface area contributed by atoms with Gasteiger partial charge >= 0.3 is 0 Å². The van der Waals surface area contributed by atoms with Crippen molar-refractivity contribution in [3.63, 3.8) is 0 Å². The van der Waals surface area contributed by atoms with Gasteiger partial charge in [-0.05, 0) is 17.4 Å². The second-order valence-corrected chi connectivity index (χ2v) is 5.76. The highest BCUT2D eigenvalue weighted by Gasteiger charge is 2.16. The maximum Gasteiger partial charge on any atom is 0.212 e. The van der Waals surface area contributed by atoms with Crippen molar-refractivity contribution in [1.29, 1.82) is 0 Å². The highest BCUT2D eigenvalue weighted by Crippen LogP contribution is 2.20. The van der Waals surface area contributed by atoms with Gasteiger partial charge in [-0.15, -0.1) is 0 Å². The van der Waals surface area contributed by atoms with Crippen molar-refractivity contribution in [3.05, 3.63) is 23.9 Å². The van der Waals surface area contributed by atoms with Gasteiger partial charge in [0.25, 0.3) is 0 Å². The number of nitrogens with one attached hydrogen (secondary N) is 1. The number of methoxy groups -OCH3 is 1. The molecular formula is C14H24N2O2. The van der Waals surface area contributed by atoms with Crippen LogP contribution >= 0.6 is 0 Å². The highest BCUT2D eigenvalue weighted by atomic mass is 16.5. The molecule has 0 radical (unpaired) electrons. The Hall–Kier alpha value is -1.13. The predicted molar refractivity (Wildman–Crippen MR) is 72.6 cm³/mol. The molecule has 0 fully saturated rings. The molecule has 1 rings (SSSR count). The standard InChI is InChI=1S/C14H24N2O2/c1-14(2,3)7-12(17)10-15-8-11-5-6-13(18-4)16-9-11/h5-6,9,12,15,17H,7-8,10H2,1-4H3. The smallest absolute Gasteiger partial charge is 0.212 e. The minimum Gasteiger partial charge on any atom is -0.481 e. The van der Waals surface area contributed by atoms with Crippen molar-refractivity contribution in [2.75, 3.05) is 13.7 Å². The fourth-order valence-electron chi connectivity index (χ4n) is 1.80. The molecule has 102 valence electrons. The van der Waals surface area contributed by atoms with Gasteiger partial charge in [-0.2, -0.15) is 0 Å². The number of pyridine rings is 1. The minimum atomic E-state index is -0.309. The maximum absolute atomic E-state index is 9.85. The summed E-state index contributed by atoms with van der Waals surface area (Å²) in [6, 6.07) is 3.80. The lowest BCUT2D eigenvalue weighted by molar-refractivity contribution is 0.119. The number of rotatable bonds is 6. The second-order valence-electron chi connectivity index (χ2n) is 5.76. The van der Waals surface area contributed by atoms with Gasteiger partial charge in [0.05, 0.1) is 13.2 Å². The van der Waals surface area contributed by atoms with Crippen LogP contribution in [0.5, 0.6) is 5.88 Å². The van der Waals surface area contributed by atoms with E-state index in [0.29, 0.717) is 19.0 Å². The Labute approximate surface area is 109 Å². The highest BCUT2D eigenvalue weighted by molar-refractivity contribution is 5.17. The Bertz CT molecular complexity index is 344. The van der Waals surface area contributed by atoms with E-state index >= 15 is 0 Å². The topological polar surface area (TPSA) is 54.4 Å². The summed E-state index contributed by atoms with van der Waals surface area (Å²) < 4.78 is 5.00. The van der Waals surface area contributed by atoms with Crippen LogP contribution in [0.2, 0.25) is 0 Å². The Morgan fingerprint density at radius 2 is 2.11 bits per heavy atom. The molecule has 0 saturated carbocycles. The van der Waals surface area contributed by atoms with Crippen molar-refractivity contribution < 1.29 is 9.84 Å². The van der Waals surface area contributed by atoms with Crippen LogP contribution in [0.3, 0.4) is 0 Å². The van der Waals surface area contributed by atoms with Crippen molar-refractivity contribution in [3.8, 4) is 5.88 Å². The molecule has 4 heteroatoms. The number of hydrogen-bond acceptors (Lipinski definition) is 4. The Morgan fingerprint density at radius 3 is 2.61 bits per heavy atom. The molecule has 1 heterocycles. The summed E-state index contributed by atoms with van der Waals surface area (Å²) in [4.78, 5) is 4.13. The molecule has 2 N–H and O–H groups in total. The quantitative estimate of drug-likeness (QED) is 0.813. The first kappa shape index (κ1) is 14.9. The van der Waals surface area contributed by atoms with Gasteiger partial charge in [-0.25, -0.2) is 4.98 Å². The first-order valence-electron chi connectivity index (χ1n) is 6.28. The summed E-state index contributed by atoms with van der Waals surface area (Å²) in [6.45, 7) is 7.69. The lowest BCUT2D eigenvalue weighted by Crippen LogP contribution is -2.29. The van der Waals surface area contributed by atoms with Crippen LogP contribution in [0.4, 0.5) is 0 Å². The second kappa shape index (κ2) is 6.71. The van der Waals surface area contributed by atoms with E-state index in [1.807, 2.05) is 12.1 Å². The number of hydrogen-bond donors (Lipinski definition) is 2. The molecular weight excluding hydrogens is 228 g/mol. The molecule has 1 aromatic rings. The van der Waals surface area contributed by atoms with Crippen molar-refractivity contribution in [2.45, 2.75) is 39.8 Å². The number of aliphatic hydroxyl groups excluding tert-OH is 1. The summed E-state index contributed by atoms with van der Waals surface area (Å²) >= 11 is 0. The zero-order chi connectivity index (χ0) is 13.6. The molecule has 0 bridgehead atoms. The molecule has 0 aliphatic rings. The summed E-state index contributed by atoms with van der Waals surface area (Å²) in [5.41, 5.74) is 1.24. The van der Waals surface area contributed by atoms with Gasteiger partial charge in [0, 0.05) is 25.4 Å². The van der Waals surface area contributed by atoms with Gasteiger partial charge in [0.1, 0.15) is 0 Å². The number of aliphatic hydroxyl groups is 1. The van der Waals surface area contributed by atoms with Crippen LogP contribution in [0, 0.1) is 5.41 Å². The van der Waals surface area contributed by atoms with Crippen molar-refractivity contribution >= 4 is 0 Å². The van der Waals surface area contributed by atoms with E-state index in [1.54, 1.807) is 13.3 Å². The first-order chi connectivity index (χ1) is 8.40. The first-order valence-corrected chi connectivity index (χ1v) is 6.28. The molecule has 18 heavy (non-hydrogen) atoms. The van der Waals surface area contributed by atoms with E-state index in [4.69, 9.17) is 4.74 Å². The molecule has 0 saturated heterocycles. The van der Waals surface area contributed by atoms with Gasteiger partial charge < -0.3 is 15.2 Å². The third kappa shape index (κ3) is 5.98. The normalized spacial score (nSPS) is 13.4. The van der Waals surface area contributed by atoms with Gasteiger partial charge in [-0.3, -0.25) is 0 Å². The van der Waals surface area contributed by atoms with Crippen LogP contribution < -0.4 is 10.1 Å². The van der Waals surface area contributed by atoms with Gasteiger partial charge in [-0.1, -0.05) is 26.8 Å². The zero-order valence-electron chi connectivity index (χ0n) is 11.7. The third-order valence-electron chi connectivity index (χ3n) is 2.56. The summed E-state index contributed by atoms with van der Waals surface area (Å²) in [6.07, 6.45) is 2.26.